The maximum atomic E-state index is 12.7. The summed E-state index contributed by atoms with van der Waals surface area (Å²) in [5.74, 6) is 0.706. The van der Waals surface area contributed by atoms with Gasteiger partial charge in [-0.2, -0.15) is 5.10 Å². The van der Waals surface area contributed by atoms with Crippen molar-refractivity contribution in [2.24, 2.45) is 5.92 Å². The summed E-state index contributed by atoms with van der Waals surface area (Å²) in [5.41, 5.74) is 1.17. The predicted molar refractivity (Wildman–Crippen MR) is 96.8 cm³/mol. The van der Waals surface area contributed by atoms with Gasteiger partial charge in [0.05, 0.1) is 12.6 Å². The highest BCUT2D eigenvalue weighted by molar-refractivity contribution is 5.78. The van der Waals surface area contributed by atoms with Crippen molar-refractivity contribution in [3.8, 4) is 0 Å². The number of benzene rings is 1. The minimum absolute atomic E-state index is 0.0874. The highest BCUT2D eigenvalue weighted by atomic mass is 16.2. The lowest BCUT2D eigenvalue weighted by Gasteiger charge is -2.34. The molecule has 6 heteroatoms. The number of hydrogen-bond acceptors (Lipinski definition) is 4. The van der Waals surface area contributed by atoms with Gasteiger partial charge in [0.1, 0.15) is 12.7 Å². The fourth-order valence-corrected chi connectivity index (χ4v) is 3.51. The average Bonchev–Trinajstić information content (AvgIpc) is 3.14. The number of carbonyl (C=O) groups excluding carboxylic acids is 1. The van der Waals surface area contributed by atoms with Crippen molar-refractivity contribution in [2.45, 2.75) is 32.4 Å². The normalized spacial score (nSPS) is 19.5. The lowest BCUT2D eigenvalue weighted by atomic mass is 9.98. The molecule has 1 fully saturated rings. The van der Waals surface area contributed by atoms with Crippen molar-refractivity contribution in [1.29, 1.82) is 0 Å². The first-order valence-corrected chi connectivity index (χ1v) is 8.99. The van der Waals surface area contributed by atoms with E-state index in [1.807, 2.05) is 34.8 Å². The molecular weight excluding hydrogens is 314 g/mol. The molecule has 0 saturated carbocycles. The van der Waals surface area contributed by atoms with Crippen LogP contribution in [0.5, 0.6) is 0 Å². The second-order valence-electron chi connectivity index (χ2n) is 6.95. The van der Waals surface area contributed by atoms with Gasteiger partial charge in [-0.1, -0.05) is 30.3 Å². The molecule has 0 radical (unpaired) electrons. The number of aromatic nitrogens is 3. The van der Waals surface area contributed by atoms with E-state index in [1.165, 1.54) is 12.0 Å². The molecule has 1 aliphatic heterocycles. The smallest absolute Gasteiger partial charge is 0.236 e. The Kier molecular flexibility index (Phi) is 5.81. The first-order chi connectivity index (χ1) is 12.1. The summed E-state index contributed by atoms with van der Waals surface area (Å²) in [7, 11) is 1.90. The van der Waals surface area contributed by atoms with Gasteiger partial charge in [0.2, 0.25) is 5.91 Å². The molecule has 0 unspecified atom stereocenters. The molecule has 6 nitrogen and oxygen atoms in total. The van der Waals surface area contributed by atoms with Crippen LogP contribution in [-0.4, -0.2) is 57.2 Å². The van der Waals surface area contributed by atoms with E-state index < -0.39 is 0 Å². The van der Waals surface area contributed by atoms with Crippen LogP contribution in [0, 0.1) is 5.92 Å². The molecule has 2 aromatic rings. The van der Waals surface area contributed by atoms with Crippen molar-refractivity contribution in [3.05, 3.63) is 48.5 Å². The van der Waals surface area contributed by atoms with Crippen molar-refractivity contribution in [3.63, 3.8) is 0 Å². The third-order valence-corrected chi connectivity index (χ3v) is 5.13. The van der Waals surface area contributed by atoms with Crippen LogP contribution in [-0.2, 0) is 11.3 Å². The summed E-state index contributed by atoms with van der Waals surface area (Å²) in [6.07, 6.45) is 5.65. The van der Waals surface area contributed by atoms with Gasteiger partial charge in [0, 0.05) is 20.1 Å². The number of likely N-dealkylation sites (tertiary alicyclic amines) is 1. The fraction of sp³-hybridized carbons (Fsp3) is 0.526. The van der Waals surface area contributed by atoms with E-state index in [0.717, 1.165) is 26.1 Å². The SMILES string of the molecule is C[C@H](c1ccccc1)N(C)C(=O)CN1CCC[C@@H](Cn2cncn2)C1. The molecular formula is C19H27N5O. The van der Waals surface area contributed by atoms with Crippen LogP contribution in [0.1, 0.15) is 31.4 Å². The quantitative estimate of drug-likeness (QED) is 0.808. The van der Waals surface area contributed by atoms with Gasteiger partial charge in [-0.15, -0.1) is 0 Å². The minimum Gasteiger partial charge on any atom is -0.338 e. The summed E-state index contributed by atoms with van der Waals surface area (Å²) >= 11 is 0. The first kappa shape index (κ1) is 17.6. The Bertz CT molecular complexity index is 658. The van der Waals surface area contributed by atoms with Gasteiger partial charge in [-0.3, -0.25) is 14.4 Å². The lowest BCUT2D eigenvalue weighted by Crippen LogP contribution is -2.44. The van der Waals surface area contributed by atoms with Gasteiger partial charge in [-0.05, 0) is 37.8 Å². The molecule has 2 heterocycles. The second-order valence-corrected chi connectivity index (χ2v) is 6.95. The highest BCUT2D eigenvalue weighted by Crippen LogP contribution is 2.21. The molecule has 1 aromatic carbocycles. The number of hydrogen-bond donors (Lipinski definition) is 0. The number of amides is 1. The van der Waals surface area contributed by atoms with Crippen molar-refractivity contribution in [1.82, 2.24) is 24.6 Å². The molecule has 0 aliphatic carbocycles. The third-order valence-electron chi connectivity index (χ3n) is 5.13. The summed E-state index contributed by atoms with van der Waals surface area (Å²) < 4.78 is 1.89. The standard InChI is InChI=1S/C19H27N5O/c1-16(18-8-4-3-5-9-18)22(2)19(25)13-23-10-6-7-17(11-23)12-24-15-20-14-21-24/h3-5,8-9,14-17H,6-7,10-13H2,1-2H3/t16-,17-/m1/s1. The molecule has 1 amide bonds. The topological polar surface area (TPSA) is 54.3 Å². The van der Waals surface area contributed by atoms with Gasteiger partial charge in [0.15, 0.2) is 0 Å². The Hall–Kier alpha value is -2.21. The van der Waals surface area contributed by atoms with Crippen LogP contribution < -0.4 is 0 Å². The molecule has 2 atom stereocenters. The number of nitrogens with zero attached hydrogens (tertiary/aromatic N) is 5. The molecule has 3 rings (SSSR count). The number of rotatable bonds is 6. The van der Waals surface area contributed by atoms with Gasteiger partial charge < -0.3 is 4.90 Å². The summed E-state index contributed by atoms with van der Waals surface area (Å²) in [6.45, 7) is 5.38. The highest BCUT2D eigenvalue weighted by Gasteiger charge is 2.25. The molecule has 25 heavy (non-hydrogen) atoms. The van der Waals surface area contributed by atoms with Crippen molar-refractivity contribution < 1.29 is 4.79 Å². The second kappa shape index (κ2) is 8.25. The Morgan fingerprint density at radius 3 is 2.88 bits per heavy atom. The number of likely N-dealkylation sites (N-methyl/N-ethyl adjacent to an activating group) is 1. The third kappa shape index (κ3) is 4.66. The van der Waals surface area contributed by atoms with Crippen LogP contribution in [0.3, 0.4) is 0 Å². The molecule has 0 spiro atoms. The van der Waals surface area contributed by atoms with Crippen LogP contribution in [0.4, 0.5) is 0 Å². The molecule has 0 N–H and O–H groups in total. The summed E-state index contributed by atoms with van der Waals surface area (Å²) in [5, 5.41) is 4.19. The Labute approximate surface area is 149 Å². The molecule has 0 bridgehead atoms. The lowest BCUT2D eigenvalue weighted by molar-refractivity contribution is -0.133. The first-order valence-electron chi connectivity index (χ1n) is 8.99. The van der Waals surface area contributed by atoms with E-state index in [-0.39, 0.29) is 11.9 Å². The largest absolute Gasteiger partial charge is 0.338 e. The Morgan fingerprint density at radius 2 is 2.16 bits per heavy atom. The predicted octanol–water partition coefficient (Wildman–Crippen LogP) is 2.21. The van der Waals surface area contributed by atoms with E-state index in [2.05, 4.69) is 34.0 Å². The molecule has 1 saturated heterocycles. The van der Waals surface area contributed by atoms with E-state index in [1.54, 1.807) is 12.7 Å². The Morgan fingerprint density at radius 1 is 1.36 bits per heavy atom. The monoisotopic (exact) mass is 341 g/mol. The van der Waals surface area contributed by atoms with E-state index in [4.69, 9.17) is 0 Å². The van der Waals surface area contributed by atoms with Crippen molar-refractivity contribution in [2.75, 3.05) is 26.7 Å². The molecule has 134 valence electrons. The number of piperidine rings is 1. The maximum Gasteiger partial charge on any atom is 0.236 e. The van der Waals surface area contributed by atoms with Gasteiger partial charge in [-0.25, -0.2) is 4.98 Å². The van der Waals surface area contributed by atoms with Gasteiger partial charge >= 0.3 is 0 Å². The average molecular weight is 341 g/mol. The van der Waals surface area contributed by atoms with E-state index in [9.17, 15) is 4.79 Å². The Balaban J connectivity index is 1.53. The summed E-state index contributed by atoms with van der Waals surface area (Å²) in [4.78, 5) is 20.8. The zero-order chi connectivity index (χ0) is 17.6. The van der Waals surface area contributed by atoms with Crippen LogP contribution in [0.25, 0.3) is 0 Å². The van der Waals surface area contributed by atoms with E-state index >= 15 is 0 Å². The van der Waals surface area contributed by atoms with Crippen LogP contribution >= 0.6 is 0 Å². The molecule has 1 aliphatic rings. The van der Waals surface area contributed by atoms with Crippen LogP contribution in [0.15, 0.2) is 43.0 Å². The summed E-state index contributed by atoms with van der Waals surface area (Å²) in [6, 6.07) is 10.3. The van der Waals surface area contributed by atoms with E-state index in [0.29, 0.717) is 12.5 Å². The zero-order valence-corrected chi connectivity index (χ0v) is 15.1. The minimum atomic E-state index is 0.0874. The van der Waals surface area contributed by atoms with Crippen molar-refractivity contribution >= 4 is 5.91 Å². The number of carbonyl (C=O) groups is 1. The van der Waals surface area contributed by atoms with Gasteiger partial charge in [0.25, 0.3) is 0 Å². The fourth-order valence-electron chi connectivity index (χ4n) is 3.51. The molecule has 1 aromatic heterocycles. The maximum absolute atomic E-state index is 12.7. The van der Waals surface area contributed by atoms with Crippen LogP contribution in [0.2, 0.25) is 0 Å². The zero-order valence-electron chi connectivity index (χ0n) is 15.1.